The van der Waals surface area contributed by atoms with Crippen LogP contribution in [0.5, 0.6) is 0 Å². The van der Waals surface area contributed by atoms with E-state index in [0.717, 1.165) is 11.3 Å². The standard InChI is InChI=1S/C13H18F3NO3/c14-13(15,16)9-17(10-4-3-6-19-8-10)12(18)11-5-1-2-7-20-11/h5,10H,1-4,6-9H2/t10-/m1/s1. The third kappa shape index (κ3) is 4.13. The second-order valence-corrected chi connectivity index (χ2v) is 4.98. The maximum Gasteiger partial charge on any atom is 0.406 e. The number of carbonyl (C=O) groups is 1. The van der Waals surface area contributed by atoms with Crippen LogP contribution in [-0.4, -0.2) is 49.4 Å². The van der Waals surface area contributed by atoms with Crippen LogP contribution >= 0.6 is 0 Å². The van der Waals surface area contributed by atoms with Gasteiger partial charge in [0.15, 0.2) is 5.76 Å². The molecule has 0 N–H and O–H groups in total. The van der Waals surface area contributed by atoms with Crippen LogP contribution in [0.2, 0.25) is 0 Å². The van der Waals surface area contributed by atoms with Crippen molar-refractivity contribution in [2.75, 3.05) is 26.4 Å². The molecule has 2 aliphatic heterocycles. The SMILES string of the molecule is O=C(C1=CCCCO1)N(CC(F)(F)F)[C@@H]1CCCOC1. The summed E-state index contributed by atoms with van der Waals surface area (Å²) in [5.41, 5.74) is 0. The Hall–Kier alpha value is -1.24. The molecule has 0 bridgehead atoms. The zero-order valence-corrected chi connectivity index (χ0v) is 11.1. The number of allylic oxidation sites excluding steroid dienone is 1. The first kappa shape index (κ1) is 15.2. The van der Waals surface area contributed by atoms with Crippen LogP contribution in [0.3, 0.4) is 0 Å². The summed E-state index contributed by atoms with van der Waals surface area (Å²) >= 11 is 0. The highest BCUT2D eigenvalue weighted by molar-refractivity contribution is 5.91. The van der Waals surface area contributed by atoms with Gasteiger partial charge in [-0.3, -0.25) is 4.79 Å². The lowest BCUT2D eigenvalue weighted by Crippen LogP contribution is -2.49. The van der Waals surface area contributed by atoms with Crippen molar-refractivity contribution in [1.29, 1.82) is 0 Å². The van der Waals surface area contributed by atoms with Gasteiger partial charge in [-0.1, -0.05) is 0 Å². The average molecular weight is 293 g/mol. The minimum Gasteiger partial charge on any atom is -0.488 e. The Morgan fingerprint density at radius 2 is 2.15 bits per heavy atom. The van der Waals surface area contributed by atoms with E-state index in [4.69, 9.17) is 9.47 Å². The largest absolute Gasteiger partial charge is 0.488 e. The molecule has 0 unspecified atom stereocenters. The van der Waals surface area contributed by atoms with Gasteiger partial charge in [-0.25, -0.2) is 0 Å². The number of hydrogen-bond donors (Lipinski definition) is 0. The second-order valence-electron chi connectivity index (χ2n) is 4.98. The summed E-state index contributed by atoms with van der Waals surface area (Å²) in [5.74, 6) is -0.649. The minimum atomic E-state index is -4.43. The average Bonchev–Trinajstić information content (AvgIpc) is 2.45. The van der Waals surface area contributed by atoms with Crippen molar-refractivity contribution in [2.45, 2.75) is 37.9 Å². The lowest BCUT2D eigenvalue weighted by molar-refractivity contribution is -0.169. The fraction of sp³-hybridized carbons (Fsp3) is 0.769. The molecule has 114 valence electrons. The summed E-state index contributed by atoms with van der Waals surface area (Å²) in [6, 6.07) is -0.538. The molecule has 1 fully saturated rings. The van der Waals surface area contributed by atoms with Gasteiger partial charge in [-0.05, 0) is 31.8 Å². The number of carbonyl (C=O) groups excluding carboxylic acids is 1. The van der Waals surface area contributed by atoms with Crippen molar-refractivity contribution >= 4 is 5.91 Å². The molecule has 1 amide bonds. The molecular formula is C13H18F3NO3. The molecule has 0 aliphatic carbocycles. The number of amides is 1. The molecule has 0 aromatic carbocycles. The summed E-state index contributed by atoms with van der Waals surface area (Å²) in [4.78, 5) is 13.1. The van der Waals surface area contributed by atoms with Gasteiger partial charge >= 0.3 is 6.18 Å². The lowest BCUT2D eigenvalue weighted by atomic mass is 10.1. The Bertz CT molecular complexity index is 376. The fourth-order valence-corrected chi connectivity index (χ4v) is 2.38. The molecule has 0 aromatic rings. The predicted octanol–water partition coefficient (Wildman–Crippen LogP) is 2.25. The van der Waals surface area contributed by atoms with Gasteiger partial charge in [-0.15, -0.1) is 0 Å². The van der Waals surface area contributed by atoms with Gasteiger partial charge in [0, 0.05) is 6.61 Å². The van der Waals surface area contributed by atoms with Crippen molar-refractivity contribution in [3.63, 3.8) is 0 Å². The molecule has 2 heterocycles. The van der Waals surface area contributed by atoms with E-state index in [2.05, 4.69) is 0 Å². The maximum absolute atomic E-state index is 12.7. The predicted molar refractivity (Wildman–Crippen MR) is 64.9 cm³/mol. The van der Waals surface area contributed by atoms with Crippen LogP contribution in [0, 0.1) is 0 Å². The zero-order valence-electron chi connectivity index (χ0n) is 11.1. The number of alkyl halides is 3. The van der Waals surface area contributed by atoms with Crippen LogP contribution in [0.1, 0.15) is 25.7 Å². The molecule has 7 heteroatoms. The molecule has 2 rings (SSSR count). The Balaban J connectivity index is 2.11. The number of hydrogen-bond acceptors (Lipinski definition) is 3. The fourth-order valence-electron chi connectivity index (χ4n) is 2.38. The highest BCUT2D eigenvalue weighted by Crippen LogP contribution is 2.24. The Kier molecular flexibility index (Phi) is 4.91. The van der Waals surface area contributed by atoms with Crippen LogP contribution < -0.4 is 0 Å². The van der Waals surface area contributed by atoms with E-state index in [1.165, 1.54) is 0 Å². The Morgan fingerprint density at radius 1 is 1.35 bits per heavy atom. The highest BCUT2D eigenvalue weighted by atomic mass is 19.4. The molecule has 0 spiro atoms. The molecular weight excluding hydrogens is 275 g/mol. The number of nitrogens with zero attached hydrogens (tertiary/aromatic N) is 1. The number of halogens is 3. The van der Waals surface area contributed by atoms with Crippen molar-refractivity contribution in [2.24, 2.45) is 0 Å². The molecule has 1 atom stereocenters. The first-order chi connectivity index (χ1) is 9.47. The van der Waals surface area contributed by atoms with Crippen LogP contribution in [0.15, 0.2) is 11.8 Å². The van der Waals surface area contributed by atoms with Crippen LogP contribution in [0.25, 0.3) is 0 Å². The van der Waals surface area contributed by atoms with Crippen molar-refractivity contribution < 1.29 is 27.4 Å². The van der Waals surface area contributed by atoms with Crippen molar-refractivity contribution in [3.8, 4) is 0 Å². The molecule has 0 aromatic heterocycles. The third-order valence-corrected chi connectivity index (χ3v) is 3.33. The summed E-state index contributed by atoms with van der Waals surface area (Å²) in [6.45, 7) is -0.210. The lowest BCUT2D eigenvalue weighted by Gasteiger charge is -2.35. The van der Waals surface area contributed by atoms with E-state index >= 15 is 0 Å². The number of rotatable bonds is 3. The molecule has 1 saturated heterocycles. The van der Waals surface area contributed by atoms with E-state index in [1.807, 2.05) is 0 Å². The zero-order chi connectivity index (χ0) is 14.6. The van der Waals surface area contributed by atoms with Gasteiger partial charge in [0.2, 0.25) is 0 Å². The summed E-state index contributed by atoms with van der Waals surface area (Å²) in [7, 11) is 0. The molecule has 20 heavy (non-hydrogen) atoms. The first-order valence-electron chi connectivity index (χ1n) is 6.76. The van der Waals surface area contributed by atoms with E-state index in [0.29, 0.717) is 32.5 Å². The van der Waals surface area contributed by atoms with Crippen molar-refractivity contribution in [3.05, 3.63) is 11.8 Å². The Labute approximate surface area is 115 Å². The molecule has 4 nitrogen and oxygen atoms in total. The van der Waals surface area contributed by atoms with Crippen LogP contribution in [-0.2, 0) is 14.3 Å². The monoisotopic (exact) mass is 293 g/mol. The first-order valence-corrected chi connectivity index (χ1v) is 6.76. The van der Waals surface area contributed by atoms with E-state index in [1.54, 1.807) is 6.08 Å². The third-order valence-electron chi connectivity index (χ3n) is 3.33. The smallest absolute Gasteiger partial charge is 0.406 e. The quantitative estimate of drug-likeness (QED) is 0.801. The second kappa shape index (κ2) is 6.47. The maximum atomic E-state index is 12.7. The minimum absolute atomic E-state index is 0.0334. The topological polar surface area (TPSA) is 38.8 Å². The van der Waals surface area contributed by atoms with Gasteiger partial charge < -0.3 is 14.4 Å². The number of ether oxygens (including phenoxy) is 2. The summed E-state index contributed by atoms with van der Waals surface area (Å²) in [6.07, 6.45) is -0.243. The Morgan fingerprint density at radius 3 is 2.70 bits per heavy atom. The van der Waals surface area contributed by atoms with Gasteiger partial charge in [0.25, 0.3) is 5.91 Å². The van der Waals surface area contributed by atoms with Gasteiger partial charge in [0.1, 0.15) is 6.54 Å². The molecule has 0 saturated carbocycles. The van der Waals surface area contributed by atoms with E-state index in [9.17, 15) is 18.0 Å². The van der Waals surface area contributed by atoms with E-state index < -0.39 is 24.7 Å². The molecule has 0 radical (unpaired) electrons. The normalized spacial score (nSPS) is 23.8. The summed E-state index contributed by atoms with van der Waals surface area (Å²) in [5, 5.41) is 0. The summed E-state index contributed by atoms with van der Waals surface area (Å²) < 4.78 is 48.5. The van der Waals surface area contributed by atoms with E-state index in [-0.39, 0.29) is 12.4 Å². The van der Waals surface area contributed by atoms with Crippen molar-refractivity contribution in [1.82, 2.24) is 4.90 Å². The van der Waals surface area contributed by atoms with Gasteiger partial charge in [-0.2, -0.15) is 13.2 Å². The molecule has 2 aliphatic rings. The van der Waals surface area contributed by atoms with Crippen LogP contribution in [0.4, 0.5) is 13.2 Å². The highest BCUT2D eigenvalue weighted by Gasteiger charge is 2.38. The van der Waals surface area contributed by atoms with Gasteiger partial charge in [0.05, 0.1) is 19.3 Å².